The van der Waals surface area contributed by atoms with Gasteiger partial charge in [0, 0.05) is 32.2 Å². The van der Waals surface area contributed by atoms with Gasteiger partial charge in [-0.3, -0.25) is 4.90 Å². The van der Waals surface area contributed by atoms with Crippen LogP contribution in [0.2, 0.25) is 0 Å². The van der Waals surface area contributed by atoms with Gasteiger partial charge >= 0.3 is 6.36 Å². The lowest BCUT2D eigenvalue weighted by Gasteiger charge is -2.34. The zero-order valence-electron chi connectivity index (χ0n) is 11.4. The molecule has 1 atom stereocenters. The van der Waals surface area contributed by atoms with Gasteiger partial charge < -0.3 is 10.1 Å². The number of rotatable bonds is 4. The van der Waals surface area contributed by atoms with Crippen LogP contribution in [0, 0.1) is 0 Å². The van der Waals surface area contributed by atoms with Crippen LogP contribution >= 0.6 is 0 Å². The second-order valence-electron chi connectivity index (χ2n) is 4.83. The molecule has 1 N–H and O–H groups in total. The Morgan fingerprint density at radius 2 is 1.80 bits per heavy atom. The molecule has 20 heavy (non-hydrogen) atoms. The minimum absolute atomic E-state index is 0.170. The number of halogens is 3. The molecule has 3 nitrogen and oxygen atoms in total. The van der Waals surface area contributed by atoms with Crippen LogP contribution < -0.4 is 10.1 Å². The maximum atomic E-state index is 12.1. The largest absolute Gasteiger partial charge is 0.573 e. The van der Waals surface area contributed by atoms with E-state index in [0.29, 0.717) is 0 Å². The van der Waals surface area contributed by atoms with Crippen LogP contribution in [-0.4, -0.2) is 37.4 Å². The molecule has 112 valence electrons. The minimum atomic E-state index is -4.63. The lowest BCUT2D eigenvalue weighted by molar-refractivity contribution is -0.274. The Bertz CT molecular complexity index is 413. The zero-order valence-corrected chi connectivity index (χ0v) is 11.4. The number of nitrogens with zero attached hydrogens (tertiary/aromatic N) is 1. The van der Waals surface area contributed by atoms with Crippen LogP contribution in [0.25, 0.3) is 0 Å². The third-order valence-electron chi connectivity index (χ3n) is 3.48. The van der Waals surface area contributed by atoms with Crippen molar-refractivity contribution >= 4 is 0 Å². The quantitative estimate of drug-likeness (QED) is 0.922. The second kappa shape index (κ2) is 6.45. The van der Waals surface area contributed by atoms with Gasteiger partial charge in [-0.25, -0.2) is 0 Å². The van der Waals surface area contributed by atoms with Gasteiger partial charge in [-0.1, -0.05) is 19.1 Å². The van der Waals surface area contributed by atoms with Gasteiger partial charge in [0.1, 0.15) is 5.75 Å². The predicted molar refractivity (Wildman–Crippen MR) is 70.6 cm³/mol. The lowest BCUT2D eigenvalue weighted by atomic mass is 10.0. The Balaban J connectivity index is 2.06. The molecule has 6 heteroatoms. The molecule has 0 bridgehead atoms. The molecule has 1 saturated heterocycles. The fourth-order valence-corrected chi connectivity index (χ4v) is 2.59. The summed E-state index contributed by atoms with van der Waals surface area (Å²) in [6, 6.07) is 6.45. The number of hydrogen-bond donors (Lipinski definition) is 1. The van der Waals surface area contributed by atoms with E-state index in [2.05, 4.69) is 21.9 Å². The van der Waals surface area contributed by atoms with Gasteiger partial charge in [0.25, 0.3) is 0 Å². The monoisotopic (exact) mass is 288 g/mol. The van der Waals surface area contributed by atoms with E-state index in [0.717, 1.165) is 38.2 Å². The standard InChI is InChI=1S/C14H19F3N2O/c1-2-13(19-9-7-18-8-10-19)11-3-5-12(6-4-11)20-14(15,16)17/h3-6,13,18H,2,7-10H2,1H3/t13-/m1/s1. The molecule has 0 amide bonds. The Hall–Kier alpha value is -1.27. The number of alkyl halides is 3. The first-order valence-corrected chi connectivity index (χ1v) is 6.80. The molecule has 1 aromatic rings. The topological polar surface area (TPSA) is 24.5 Å². The molecule has 1 fully saturated rings. The number of piperazine rings is 1. The number of benzene rings is 1. The van der Waals surface area contributed by atoms with Crippen LogP contribution in [0.1, 0.15) is 24.9 Å². The summed E-state index contributed by atoms with van der Waals surface area (Å²) in [6.45, 7) is 5.91. The number of hydrogen-bond acceptors (Lipinski definition) is 3. The van der Waals surface area contributed by atoms with E-state index in [-0.39, 0.29) is 11.8 Å². The van der Waals surface area contributed by atoms with Crippen LogP contribution in [-0.2, 0) is 0 Å². The Labute approximate surface area is 116 Å². The van der Waals surface area contributed by atoms with E-state index in [1.165, 1.54) is 12.1 Å². The average Bonchev–Trinajstić information content (AvgIpc) is 2.41. The highest BCUT2D eigenvalue weighted by molar-refractivity contribution is 5.29. The molecule has 1 aliphatic heterocycles. The van der Waals surface area contributed by atoms with Crippen molar-refractivity contribution in [3.05, 3.63) is 29.8 Å². The highest BCUT2D eigenvalue weighted by atomic mass is 19.4. The molecule has 0 radical (unpaired) electrons. The fraction of sp³-hybridized carbons (Fsp3) is 0.571. The van der Waals surface area contributed by atoms with E-state index in [4.69, 9.17) is 0 Å². The molecule has 2 rings (SSSR count). The van der Waals surface area contributed by atoms with E-state index in [1.54, 1.807) is 12.1 Å². The van der Waals surface area contributed by atoms with Crippen LogP contribution in [0.3, 0.4) is 0 Å². The highest BCUT2D eigenvalue weighted by Crippen LogP contribution is 2.28. The van der Waals surface area contributed by atoms with Crippen molar-refractivity contribution in [3.63, 3.8) is 0 Å². The summed E-state index contributed by atoms with van der Waals surface area (Å²) in [6.07, 6.45) is -3.70. The van der Waals surface area contributed by atoms with E-state index < -0.39 is 6.36 Å². The molecule has 0 spiro atoms. The van der Waals surface area contributed by atoms with Crippen LogP contribution in [0.4, 0.5) is 13.2 Å². The van der Waals surface area contributed by atoms with Crippen molar-refractivity contribution in [2.75, 3.05) is 26.2 Å². The first-order chi connectivity index (χ1) is 9.49. The van der Waals surface area contributed by atoms with Crippen molar-refractivity contribution in [1.29, 1.82) is 0 Å². The molecule has 0 saturated carbocycles. The second-order valence-corrected chi connectivity index (χ2v) is 4.83. The SMILES string of the molecule is CC[C@H](c1ccc(OC(F)(F)F)cc1)N1CCNCC1. The van der Waals surface area contributed by atoms with Gasteiger partial charge in [-0.05, 0) is 24.1 Å². The summed E-state index contributed by atoms with van der Waals surface area (Å²) in [5.41, 5.74) is 1.03. The molecule has 1 aliphatic rings. The van der Waals surface area contributed by atoms with Crippen molar-refractivity contribution in [2.24, 2.45) is 0 Å². The fourth-order valence-electron chi connectivity index (χ4n) is 2.59. The molecule has 1 aromatic carbocycles. The predicted octanol–water partition coefficient (Wildman–Crippen LogP) is 2.94. The first-order valence-electron chi connectivity index (χ1n) is 6.80. The van der Waals surface area contributed by atoms with Gasteiger partial charge in [0.05, 0.1) is 0 Å². The van der Waals surface area contributed by atoms with Crippen LogP contribution in [0.5, 0.6) is 5.75 Å². The number of nitrogens with one attached hydrogen (secondary N) is 1. The molecule has 0 aliphatic carbocycles. The van der Waals surface area contributed by atoms with E-state index in [1.807, 2.05) is 0 Å². The van der Waals surface area contributed by atoms with Crippen molar-refractivity contribution in [2.45, 2.75) is 25.7 Å². The molecular formula is C14H19F3N2O. The first kappa shape index (κ1) is 15.1. The Morgan fingerprint density at radius 1 is 1.20 bits per heavy atom. The molecule has 1 heterocycles. The van der Waals surface area contributed by atoms with Crippen molar-refractivity contribution < 1.29 is 17.9 Å². The Morgan fingerprint density at radius 3 is 2.30 bits per heavy atom. The van der Waals surface area contributed by atoms with Crippen molar-refractivity contribution in [1.82, 2.24) is 10.2 Å². The third-order valence-corrected chi connectivity index (χ3v) is 3.48. The minimum Gasteiger partial charge on any atom is -0.406 e. The summed E-state index contributed by atoms with van der Waals surface area (Å²) in [5, 5.41) is 3.29. The van der Waals surface area contributed by atoms with E-state index >= 15 is 0 Å². The smallest absolute Gasteiger partial charge is 0.406 e. The number of ether oxygens (including phenoxy) is 1. The zero-order chi connectivity index (χ0) is 14.6. The maximum absolute atomic E-state index is 12.1. The Kier molecular flexibility index (Phi) is 4.88. The van der Waals surface area contributed by atoms with E-state index in [9.17, 15) is 13.2 Å². The molecule has 0 aromatic heterocycles. The maximum Gasteiger partial charge on any atom is 0.573 e. The average molecular weight is 288 g/mol. The highest BCUT2D eigenvalue weighted by Gasteiger charge is 2.31. The normalized spacial score (nSPS) is 18.8. The van der Waals surface area contributed by atoms with Gasteiger partial charge in [0.2, 0.25) is 0 Å². The summed E-state index contributed by atoms with van der Waals surface area (Å²) < 4.78 is 40.3. The van der Waals surface area contributed by atoms with Crippen molar-refractivity contribution in [3.8, 4) is 5.75 Å². The van der Waals surface area contributed by atoms with Gasteiger partial charge in [0.15, 0.2) is 0 Å². The molecular weight excluding hydrogens is 269 g/mol. The van der Waals surface area contributed by atoms with Gasteiger partial charge in [-0.15, -0.1) is 13.2 Å². The summed E-state index contributed by atoms with van der Waals surface area (Å²) in [7, 11) is 0. The summed E-state index contributed by atoms with van der Waals surface area (Å²) >= 11 is 0. The summed E-state index contributed by atoms with van der Waals surface area (Å²) in [5.74, 6) is -0.170. The van der Waals surface area contributed by atoms with Gasteiger partial charge in [-0.2, -0.15) is 0 Å². The lowest BCUT2D eigenvalue weighted by Crippen LogP contribution is -2.45. The van der Waals surface area contributed by atoms with Crippen LogP contribution in [0.15, 0.2) is 24.3 Å². The third kappa shape index (κ3) is 4.11. The molecule has 0 unspecified atom stereocenters. The summed E-state index contributed by atoms with van der Waals surface area (Å²) in [4.78, 5) is 2.36.